The van der Waals surface area contributed by atoms with E-state index in [0.29, 0.717) is 12.0 Å². The first-order valence-electron chi connectivity index (χ1n) is 5.07. The average molecular weight is 244 g/mol. The first-order valence-corrected chi connectivity index (χ1v) is 5.45. The number of hydrogen-bond donors (Lipinski definition) is 1. The van der Waals surface area contributed by atoms with Crippen molar-refractivity contribution in [3.63, 3.8) is 0 Å². The molecule has 0 spiro atoms. The molecular formula is C12H15ClFNO. The lowest BCUT2D eigenvalue weighted by Crippen LogP contribution is -2.41. The summed E-state index contributed by atoms with van der Waals surface area (Å²) in [5, 5.41) is 0.0805. The van der Waals surface area contributed by atoms with Crippen LogP contribution in [-0.2, 0) is 11.2 Å². The van der Waals surface area contributed by atoms with Gasteiger partial charge in [0, 0.05) is 6.42 Å². The molecule has 0 saturated heterocycles. The van der Waals surface area contributed by atoms with E-state index < -0.39 is 11.4 Å². The van der Waals surface area contributed by atoms with E-state index in [-0.39, 0.29) is 17.2 Å². The quantitative estimate of drug-likeness (QED) is 0.884. The molecule has 88 valence electrons. The molecular weight excluding hydrogens is 229 g/mol. The van der Waals surface area contributed by atoms with E-state index in [4.69, 9.17) is 17.3 Å². The van der Waals surface area contributed by atoms with E-state index in [2.05, 4.69) is 0 Å². The number of aryl methyl sites for hydroxylation is 1. The maximum Gasteiger partial charge on any atom is 0.152 e. The topological polar surface area (TPSA) is 43.1 Å². The summed E-state index contributed by atoms with van der Waals surface area (Å²) in [6.45, 7) is 3.29. The number of carbonyl (C=O) groups excluding carboxylic acids is 1. The highest BCUT2D eigenvalue weighted by molar-refractivity contribution is 6.30. The van der Waals surface area contributed by atoms with Gasteiger partial charge in [0.05, 0.1) is 10.6 Å². The number of ketones is 1. The Kier molecular flexibility index (Phi) is 4.05. The Balaban J connectivity index is 2.69. The van der Waals surface area contributed by atoms with E-state index in [0.717, 1.165) is 0 Å². The fourth-order valence-electron chi connectivity index (χ4n) is 1.31. The van der Waals surface area contributed by atoms with Crippen LogP contribution in [0.3, 0.4) is 0 Å². The van der Waals surface area contributed by atoms with Crippen molar-refractivity contribution >= 4 is 17.4 Å². The van der Waals surface area contributed by atoms with Gasteiger partial charge in [-0.25, -0.2) is 4.39 Å². The third-order valence-corrected chi connectivity index (χ3v) is 2.66. The first kappa shape index (κ1) is 13.1. The van der Waals surface area contributed by atoms with E-state index in [1.165, 1.54) is 6.07 Å². The number of nitrogens with two attached hydrogens (primary N) is 1. The number of Topliss-reactive ketones (excluding diaryl/α,β-unsaturated/α-hetero) is 1. The summed E-state index contributed by atoms with van der Waals surface area (Å²) >= 11 is 5.63. The number of carbonyl (C=O) groups is 1. The fourth-order valence-corrected chi connectivity index (χ4v) is 1.51. The monoisotopic (exact) mass is 243 g/mol. The Hall–Kier alpha value is -0.930. The second-order valence-electron chi connectivity index (χ2n) is 4.36. The summed E-state index contributed by atoms with van der Waals surface area (Å²) in [6.07, 6.45) is 0.548. The number of hydrogen-bond acceptors (Lipinski definition) is 2. The largest absolute Gasteiger partial charge is 0.319 e. The van der Waals surface area contributed by atoms with E-state index in [1.807, 2.05) is 0 Å². The zero-order valence-electron chi connectivity index (χ0n) is 9.39. The minimum atomic E-state index is -0.866. The van der Waals surface area contributed by atoms with Crippen LogP contribution < -0.4 is 5.73 Å². The molecule has 0 fully saturated rings. The van der Waals surface area contributed by atoms with Crippen LogP contribution in [0, 0.1) is 5.82 Å². The van der Waals surface area contributed by atoms with Gasteiger partial charge in [0.1, 0.15) is 5.82 Å². The lowest BCUT2D eigenvalue weighted by atomic mass is 9.95. The summed E-state index contributed by atoms with van der Waals surface area (Å²) in [6, 6.07) is 4.77. The van der Waals surface area contributed by atoms with Crippen molar-refractivity contribution in [3.8, 4) is 0 Å². The van der Waals surface area contributed by atoms with Gasteiger partial charge in [-0.2, -0.15) is 0 Å². The van der Waals surface area contributed by atoms with Crippen LogP contribution >= 0.6 is 11.6 Å². The molecule has 0 bridgehead atoms. The van der Waals surface area contributed by atoms with Crippen LogP contribution in [0.2, 0.25) is 5.02 Å². The van der Waals surface area contributed by atoms with Crippen LogP contribution in [0.15, 0.2) is 18.2 Å². The fraction of sp³-hybridized carbons (Fsp3) is 0.417. The Morgan fingerprint density at radius 3 is 2.69 bits per heavy atom. The molecule has 16 heavy (non-hydrogen) atoms. The zero-order chi connectivity index (χ0) is 12.3. The third kappa shape index (κ3) is 3.29. The Labute approximate surface area is 99.6 Å². The van der Waals surface area contributed by atoms with Crippen LogP contribution in [-0.4, -0.2) is 11.3 Å². The van der Waals surface area contributed by atoms with Crippen LogP contribution in [0.25, 0.3) is 0 Å². The van der Waals surface area contributed by atoms with Crippen molar-refractivity contribution in [2.45, 2.75) is 32.2 Å². The standard InChI is InChI=1S/C12H15ClFNO/c1-12(2,15)10(16)7-6-8-4-3-5-9(13)11(8)14/h3-5H,6-7,15H2,1-2H3. The second-order valence-corrected chi connectivity index (χ2v) is 4.77. The van der Waals surface area contributed by atoms with Gasteiger partial charge in [0.25, 0.3) is 0 Å². The summed E-state index contributed by atoms with van der Waals surface area (Å²) in [7, 11) is 0. The van der Waals surface area contributed by atoms with Gasteiger partial charge in [0.15, 0.2) is 5.78 Å². The third-order valence-electron chi connectivity index (χ3n) is 2.37. The molecule has 1 rings (SSSR count). The van der Waals surface area contributed by atoms with E-state index in [9.17, 15) is 9.18 Å². The predicted octanol–water partition coefficient (Wildman–Crippen LogP) is 2.72. The van der Waals surface area contributed by atoms with Crippen LogP contribution in [0.5, 0.6) is 0 Å². The molecule has 0 atom stereocenters. The van der Waals surface area contributed by atoms with E-state index in [1.54, 1.807) is 26.0 Å². The summed E-state index contributed by atoms with van der Waals surface area (Å²) < 4.78 is 13.5. The Bertz CT molecular complexity index is 398. The maximum absolute atomic E-state index is 13.5. The van der Waals surface area contributed by atoms with Crippen molar-refractivity contribution in [2.75, 3.05) is 0 Å². The Morgan fingerprint density at radius 2 is 2.12 bits per heavy atom. The molecule has 0 amide bonds. The highest BCUT2D eigenvalue weighted by Crippen LogP contribution is 2.19. The number of rotatable bonds is 4. The summed E-state index contributed by atoms with van der Waals surface area (Å²) in [5.74, 6) is -0.543. The highest BCUT2D eigenvalue weighted by atomic mass is 35.5. The molecule has 2 N–H and O–H groups in total. The van der Waals surface area contributed by atoms with Gasteiger partial charge in [0.2, 0.25) is 0 Å². The minimum Gasteiger partial charge on any atom is -0.319 e. The van der Waals surface area contributed by atoms with Gasteiger partial charge in [-0.05, 0) is 31.9 Å². The zero-order valence-corrected chi connectivity index (χ0v) is 10.1. The number of benzene rings is 1. The molecule has 0 aliphatic rings. The maximum atomic E-state index is 13.5. The van der Waals surface area contributed by atoms with Crippen LogP contribution in [0.4, 0.5) is 4.39 Å². The predicted molar refractivity (Wildman–Crippen MR) is 63.0 cm³/mol. The second kappa shape index (κ2) is 4.93. The first-order chi connectivity index (χ1) is 7.32. The van der Waals surface area contributed by atoms with Gasteiger partial charge < -0.3 is 5.73 Å². The number of halogens is 2. The summed E-state index contributed by atoms with van der Waals surface area (Å²) in [5.41, 5.74) is 5.22. The Morgan fingerprint density at radius 1 is 1.50 bits per heavy atom. The molecule has 0 aromatic heterocycles. The van der Waals surface area contributed by atoms with Crippen molar-refractivity contribution in [2.24, 2.45) is 5.73 Å². The van der Waals surface area contributed by atoms with Crippen molar-refractivity contribution < 1.29 is 9.18 Å². The lowest BCUT2D eigenvalue weighted by Gasteiger charge is -2.16. The smallest absolute Gasteiger partial charge is 0.152 e. The van der Waals surface area contributed by atoms with Crippen molar-refractivity contribution in [1.29, 1.82) is 0 Å². The van der Waals surface area contributed by atoms with Gasteiger partial charge in [-0.3, -0.25) is 4.79 Å². The molecule has 0 aliphatic heterocycles. The average Bonchev–Trinajstić information content (AvgIpc) is 2.18. The SMILES string of the molecule is CC(C)(N)C(=O)CCc1cccc(Cl)c1F. The molecule has 2 nitrogen and oxygen atoms in total. The van der Waals surface area contributed by atoms with Crippen molar-refractivity contribution in [3.05, 3.63) is 34.6 Å². The summed E-state index contributed by atoms with van der Waals surface area (Å²) in [4.78, 5) is 11.6. The van der Waals surface area contributed by atoms with Crippen LogP contribution in [0.1, 0.15) is 25.8 Å². The van der Waals surface area contributed by atoms with Crippen molar-refractivity contribution in [1.82, 2.24) is 0 Å². The normalized spacial score (nSPS) is 11.6. The minimum absolute atomic E-state index is 0.0805. The van der Waals surface area contributed by atoms with Gasteiger partial charge in [-0.15, -0.1) is 0 Å². The molecule has 1 aromatic rings. The lowest BCUT2D eigenvalue weighted by molar-refractivity contribution is -0.123. The van der Waals surface area contributed by atoms with Gasteiger partial charge >= 0.3 is 0 Å². The molecule has 0 radical (unpaired) electrons. The molecule has 0 heterocycles. The highest BCUT2D eigenvalue weighted by Gasteiger charge is 2.21. The van der Waals surface area contributed by atoms with E-state index >= 15 is 0 Å². The molecule has 4 heteroatoms. The van der Waals surface area contributed by atoms with Gasteiger partial charge in [-0.1, -0.05) is 23.7 Å². The molecule has 1 aromatic carbocycles. The molecule has 0 unspecified atom stereocenters. The molecule has 0 saturated carbocycles. The molecule has 0 aliphatic carbocycles.